The average molecular weight is 327 g/mol. The lowest BCUT2D eigenvalue weighted by atomic mass is 10.1. The van der Waals surface area contributed by atoms with E-state index in [0.717, 1.165) is 16.9 Å². The highest BCUT2D eigenvalue weighted by molar-refractivity contribution is 5.61. The van der Waals surface area contributed by atoms with E-state index in [4.69, 9.17) is 14.2 Å². The Kier molecular flexibility index (Phi) is 5.48. The SMILES string of the molecule is COc1ccc(CNc2cc(C)nc(C)c2C#N)c(OC)c1OC. The topological polar surface area (TPSA) is 76.4 Å². The minimum absolute atomic E-state index is 0.473. The summed E-state index contributed by atoms with van der Waals surface area (Å²) in [6.07, 6.45) is 0. The molecule has 24 heavy (non-hydrogen) atoms. The molecule has 126 valence electrons. The summed E-state index contributed by atoms with van der Waals surface area (Å²) in [4.78, 5) is 4.32. The molecule has 6 heteroatoms. The Morgan fingerprint density at radius 2 is 1.79 bits per heavy atom. The quantitative estimate of drug-likeness (QED) is 0.878. The van der Waals surface area contributed by atoms with Crippen LogP contribution in [0.3, 0.4) is 0 Å². The summed E-state index contributed by atoms with van der Waals surface area (Å²) in [6, 6.07) is 7.78. The number of aromatic nitrogens is 1. The normalized spacial score (nSPS) is 10.0. The molecule has 0 atom stereocenters. The Morgan fingerprint density at radius 3 is 2.38 bits per heavy atom. The first-order valence-electron chi connectivity index (χ1n) is 7.45. The molecule has 0 aliphatic rings. The van der Waals surface area contributed by atoms with Gasteiger partial charge in [-0.25, -0.2) is 0 Å². The standard InChI is InChI=1S/C18H21N3O3/c1-11-8-15(14(9-19)12(2)21-11)20-10-13-6-7-16(22-3)18(24-5)17(13)23-4/h6-8H,10H2,1-5H3,(H,20,21). The third kappa shape index (κ3) is 3.35. The summed E-state index contributed by atoms with van der Waals surface area (Å²) in [5.74, 6) is 1.75. The molecule has 0 radical (unpaired) electrons. The number of nitrogens with zero attached hydrogens (tertiary/aromatic N) is 2. The predicted octanol–water partition coefficient (Wildman–Crippen LogP) is 3.21. The maximum atomic E-state index is 9.35. The van der Waals surface area contributed by atoms with Crippen molar-refractivity contribution in [1.82, 2.24) is 4.98 Å². The lowest BCUT2D eigenvalue weighted by Crippen LogP contribution is -2.07. The van der Waals surface area contributed by atoms with Crippen molar-refractivity contribution >= 4 is 5.69 Å². The number of hydrogen-bond acceptors (Lipinski definition) is 6. The van der Waals surface area contributed by atoms with Gasteiger partial charge in [0, 0.05) is 17.8 Å². The molecule has 0 saturated heterocycles. The van der Waals surface area contributed by atoms with Crippen molar-refractivity contribution in [2.75, 3.05) is 26.6 Å². The van der Waals surface area contributed by atoms with Gasteiger partial charge >= 0.3 is 0 Å². The van der Waals surface area contributed by atoms with Crippen LogP contribution >= 0.6 is 0 Å². The molecule has 1 aromatic carbocycles. The lowest BCUT2D eigenvalue weighted by molar-refractivity contribution is 0.322. The van der Waals surface area contributed by atoms with E-state index in [9.17, 15) is 5.26 Å². The van der Waals surface area contributed by atoms with E-state index in [0.29, 0.717) is 35.1 Å². The van der Waals surface area contributed by atoms with E-state index in [2.05, 4.69) is 16.4 Å². The van der Waals surface area contributed by atoms with Gasteiger partial charge < -0.3 is 19.5 Å². The van der Waals surface area contributed by atoms with Crippen LogP contribution in [-0.4, -0.2) is 26.3 Å². The van der Waals surface area contributed by atoms with Crippen LogP contribution in [0.1, 0.15) is 22.5 Å². The van der Waals surface area contributed by atoms with Gasteiger partial charge in [0.15, 0.2) is 11.5 Å². The third-order valence-corrected chi connectivity index (χ3v) is 3.70. The molecule has 1 heterocycles. The first-order chi connectivity index (χ1) is 11.5. The average Bonchev–Trinajstić information content (AvgIpc) is 2.58. The second-order valence-corrected chi connectivity index (χ2v) is 5.23. The molecule has 2 rings (SSSR count). The number of ether oxygens (including phenoxy) is 3. The molecular weight excluding hydrogens is 306 g/mol. The van der Waals surface area contributed by atoms with Crippen LogP contribution in [0, 0.1) is 25.2 Å². The minimum Gasteiger partial charge on any atom is -0.493 e. The van der Waals surface area contributed by atoms with E-state index >= 15 is 0 Å². The molecule has 2 aromatic rings. The van der Waals surface area contributed by atoms with Crippen LogP contribution in [0.15, 0.2) is 18.2 Å². The van der Waals surface area contributed by atoms with Crippen molar-refractivity contribution < 1.29 is 14.2 Å². The van der Waals surface area contributed by atoms with Crippen molar-refractivity contribution in [3.05, 3.63) is 40.7 Å². The number of anilines is 1. The number of hydrogen-bond donors (Lipinski definition) is 1. The Morgan fingerprint density at radius 1 is 1.08 bits per heavy atom. The number of nitrogens with one attached hydrogen (secondary N) is 1. The summed E-state index contributed by atoms with van der Waals surface area (Å²) >= 11 is 0. The van der Waals surface area contributed by atoms with Crippen molar-refractivity contribution in [2.45, 2.75) is 20.4 Å². The minimum atomic E-state index is 0.473. The van der Waals surface area contributed by atoms with Crippen LogP contribution in [-0.2, 0) is 6.54 Å². The van der Waals surface area contributed by atoms with Crippen LogP contribution in [0.25, 0.3) is 0 Å². The van der Waals surface area contributed by atoms with E-state index in [1.54, 1.807) is 21.3 Å². The fourth-order valence-corrected chi connectivity index (χ4v) is 2.60. The molecule has 1 aromatic heterocycles. The second-order valence-electron chi connectivity index (χ2n) is 5.23. The third-order valence-electron chi connectivity index (χ3n) is 3.70. The number of rotatable bonds is 6. The van der Waals surface area contributed by atoms with E-state index < -0.39 is 0 Å². The van der Waals surface area contributed by atoms with Crippen LogP contribution in [0.5, 0.6) is 17.2 Å². The molecule has 0 spiro atoms. The number of aryl methyl sites for hydroxylation is 2. The second kappa shape index (κ2) is 7.55. The van der Waals surface area contributed by atoms with Gasteiger partial charge in [-0.2, -0.15) is 5.26 Å². The van der Waals surface area contributed by atoms with E-state index in [1.165, 1.54) is 0 Å². The van der Waals surface area contributed by atoms with Crippen molar-refractivity contribution in [3.8, 4) is 23.3 Å². The molecule has 0 aliphatic carbocycles. The first-order valence-corrected chi connectivity index (χ1v) is 7.45. The highest BCUT2D eigenvalue weighted by atomic mass is 16.5. The predicted molar refractivity (Wildman–Crippen MR) is 91.9 cm³/mol. The van der Waals surface area contributed by atoms with Crippen LogP contribution in [0.4, 0.5) is 5.69 Å². The molecule has 1 N–H and O–H groups in total. The Balaban J connectivity index is 2.35. The van der Waals surface area contributed by atoms with Gasteiger partial charge in [-0.05, 0) is 32.0 Å². The molecule has 0 unspecified atom stereocenters. The summed E-state index contributed by atoms with van der Waals surface area (Å²) in [6.45, 7) is 4.20. The van der Waals surface area contributed by atoms with Crippen molar-refractivity contribution in [2.24, 2.45) is 0 Å². The number of pyridine rings is 1. The summed E-state index contributed by atoms with van der Waals surface area (Å²) < 4.78 is 16.2. The molecule has 0 amide bonds. The Bertz CT molecular complexity index is 782. The highest BCUT2D eigenvalue weighted by Gasteiger charge is 2.16. The monoisotopic (exact) mass is 327 g/mol. The van der Waals surface area contributed by atoms with Gasteiger partial charge in [0.2, 0.25) is 5.75 Å². The zero-order valence-electron chi connectivity index (χ0n) is 14.6. The molecule has 0 aliphatic heterocycles. The summed E-state index contributed by atoms with van der Waals surface area (Å²) in [7, 11) is 4.74. The fourth-order valence-electron chi connectivity index (χ4n) is 2.60. The van der Waals surface area contributed by atoms with E-state index in [1.807, 2.05) is 32.0 Å². The van der Waals surface area contributed by atoms with Gasteiger partial charge in [-0.3, -0.25) is 4.98 Å². The van der Waals surface area contributed by atoms with Gasteiger partial charge in [0.05, 0.1) is 38.3 Å². The maximum absolute atomic E-state index is 9.35. The summed E-state index contributed by atoms with van der Waals surface area (Å²) in [5.41, 5.74) is 3.75. The zero-order valence-corrected chi connectivity index (χ0v) is 14.6. The Hall–Kier alpha value is -2.94. The molecule has 6 nitrogen and oxygen atoms in total. The van der Waals surface area contributed by atoms with Gasteiger partial charge in [0.1, 0.15) is 6.07 Å². The molecule has 0 fully saturated rings. The summed E-state index contributed by atoms with van der Waals surface area (Å²) in [5, 5.41) is 12.6. The Labute approximate surface area is 142 Å². The number of nitriles is 1. The lowest BCUT2D eigenvalue weighted by Gasteiger charge is -2.17. The van der Waals surface area contributed by atoms with Gasteiger partial charge in [0.25, 0.3) is 0 Å². The van der Waals surface area contributed by atoms with Gasteiger partial charge in [-0.1, -0.05) is 0 Å². The molecular formula is C18H21N3O3. The number of methoxy groups -OCH3 is 3. The van der Waals surface area contributed by atoms with E-state index in [-0.39, 0.29) is 0 Å². The number of benzene rings is 1. The van der Waals surface area contributed by atoms with Crippen LogP contribution in [0.2, 0.25) is 0 Å². The fraction of sp³-hybridized carbons (Fsp3) is 0.333. The van der Waals surface area contributed by atoms with Crippen molar-refractivity contribution in [3.63, 3.8) is 0 Å². The molecule has 0 bridgehead atoms. The smallest absolute Gasteiger partial charge is 0.203 e. The van der Waals surface area contributed by atoms with Crippen molar-refractivity contribution in [1.29, 1.82) is 5.26 Å². The molecule has 0 saturated carbocycles. The zero-order chi connectivity index (χ0) is 17.7. The maximum Gasteiger partial charge on any atom is 0.203 e. The van der Waals surface area contributed by atoms with Gasteiger partial charge in [-0.15, -0.1) is 0 Å². The highest BCUT2D eigenvalue weighted by Crippen LogP contribution is 2.40. The van der Waals surface area contributed by atoms with Crippen LogP contribution < -0.4 is 19.5 Å². The largest absolute Gasteiger partial charge is 0.493 e. The first kappa shape index (κ1) is 17.4.